The second-order valence-electron chi connectivity index (χ2n) is 7.69. The van der Waals surface area contributed by atoms with Crippen LogP contribution in [0.3, 0.4) is 0 Å². The summed E-state index contributed by atoms with van der Waals surface area (Å²) in [7, 11) is 0. The third-order valence-corrected chi connectivity index (χ3v) is 5.44. The molecule has 2 amide bonds. The summed E-state index contributed by atoms with van der Waals surface area (Å²) in [4.78, 5) is 26.2. The average Bonchev–Trinajstić information content (AvgIpc) is 3.43. The highest BCUT2D eigenvalue weighted by molar-refractivity contribution is 5.77. The van der Waals surface area contributed by atoms with E-state index >= 15 is 0 Å². The molecular weight excluding hydrogens is 312 g/mol. The van der Waals surface area contributed by atoms with Crippen molar-refractivity contribution in [3.63, 3.8) is 0 Å². The van der Waals surface area contributed by atoms with Crippen molar-refractivity contribution < 1.29 is 9.59 Å². The maximum absolute atomic E-state index is 12.4. The second-order valence-corrected chi connectivity index (χ2v) is 7.69. The first-order valence-electron chi connectivity index (χ1n) is 9.73. The lowest BCUT2D eigenvalue weighted by Crippen LogP contribution is -2.38. The van der Waals surface area contributed by atoms with Crippen molar-refractivity contribution >= 4 is 11.8 Å². The number of nitrogens with zero attached hydrogens (tertiary/aromatic N) is 1. The number of amides is 2. The first-order valence-corrected chi connectivity index (χ1v) is 9.73. The van der Waals surface area contributed by atoms with Crippen LogP contribution in [0.5, 0.6) is 0 Å². The van der Waals surface area contributed by atoms with Crippen molar-refractivity contribution in [3.8, 4) is 0 Å². The van der Waals surface area contributed by atoms with E-state index < -0.39 is 0 Å². The van der Waals surface area contributed by atoms with E-state index in [1.807, 2.05) is 4.90 Å². The summed E-state index contributed by atoms with van der Waals surface area (Å²) < 4.78 is 0. The highest BCUT2D eigenvalue weighted by Gasteiger charge is 2.25. The summed E-state index contributed by atoms with van der Waals surface area (Å²) in [6, 6.07) is 8.89. The molecule has 0 aromatic heterocycles. The largest absolute Gasteiger partial charge is 0.353 e. The van der Waals surface area contributed by atoms with Gasteiger partial charge in [-0.15, -0.1) is 0 Å². The molecule has 0 bridgehead atoms. The van der Waals surface area contributed by atoms with Crippen molar-refractivity contribution in [1.29, 1.82) is 0 Å². The van der Waals surface area contributed by atoms with E-state index in [1.165, 1.54) is 11.1 Å². The molecule has 1 heterocycles. The molecule has 3 rings (SSSR count). The van der Waals surface area contributed by atoms with Crippen LogP contribution in [-0.4, -0.2) is 35.8 Å². The lowest BCUT2D eigenvalue weighted by atomic mass is 9.91. The van der Waals surface area contributed by atoms with Crippen LogP contribution in [0.2, 0.25) is 0 Å². The summed E-state index contributed by atoms with van der Waals surface area (Å²) in [5.41, 5.74) is 2.48. The SMILES string of the molecule is Cc1ccc(CCC(=O)N2CCC(CCC(=O)NC3CC3)CC2)cc1. The van der Waals surface area contributed by atoms with Gasteiger partial charge in [0.1, 0.15) is 0 Å². The van der Waals surface area contributed by atoms with E-state index in [1.54, 1.807) is 0 Å². The zero-order valence-corrected chi connectivity index (χ0v) is 15.3. The Morgan fingerprint density at radius 1 is 1.04 bits per heavy atom. The highest BCUT2D eigenvalue weighted by Crippen LogP contribution is 2.23. The van der Waals surface area contributed by atoms with Gasteiger partial charge in [-0.05, 0) is 56.9 Å². The molecule has 2 aliphatic rings. The van der Waals surface area contributed by atoms with Crippen LogP contribution in [0.1, 0.15) is 56.1 Å². The minimum atomic E-state index is 0.208. The molecule has 4 heteroatoms. The van der Waals surface area contributed by atoms with Crippen molar-refractivity contribution in [3.05, 3.63) is 35.4 Å². The Labute approximate surface area is 151 Å². The van der Waals surface area contributed by atoms with Crippen LogP contribution >= 0.6 is 0 Å². The standard InChI is InChI=1S/C21H30N2O2/c1-16-2-4-17(5-3-16)7-11-21(25)23-14-12-18(13-15-23)6-10-20(24)22-19-8-9-19/h2-5,18-19H,6-15H2,1H3,(H,22,24). The predicted octanol–water partition coefficient (Wildman–Crippen LogP) is 3.23. The summed E-state index contributed by atoms with van der Waals surface area (Å²) >= 11 is 0. The van der Waals surface area contributed by atoms with Gasteiger partial charge in [0, 0.05) is 32.0 Å². The average molecular weight is 342 g/mol. The molecule has 136 valence electrons. The quantitative estimate of drug-likeness (QED) is 0.827. The molecule has 25 heavy (non-hydrogen) atoms. The zero-order chi connectivity index (χ0) is 17.6. The van der Waals surface area contributed by atoms with Crippen LogP contribution in [0.25, 0.3) is 0 Å². The van der Waals surface area contributed by atoms with E-state index in [2.05, 4.69) is 36.5 Å². The number of benzene rings is 1. The van der Waals surface area contributed by atoms with E-state index in [0.717, 1.165) is 51.6 Å². The summed E-state index contributed by atoms with van der Waals surface area (Å²) in [5.74, 6) is 1.07. The Morgan fingerprint density at radius 2 is 1.72 bits per heavy atom. The molecule has 1 saturated carbocycles. The van der Waals surface area contributed by atoms with Gasteiger partial charge in [0.15, 0.2) is 0 Å². The van der Waals surface area contributed by atoms with E-state index in [-0.39, 0.29) is 11.8 Å². The topological polar surface area (TPSA) is 49.4 Å². The molecule has 0 radical (unpaired) electrons. The van der Waals surface area contributed by atoms with Gasteiger partial charge in [0.2, 0.25) is 11.8 Å². The van der Waals surface area contributed by atoms with Crippen molar-refractivity contribution in [2.24, 2.45) is 5.92 Å². The molecule has 1 aliphatic carbocycles. The molecule has 1 aromatic rings. The lowest BCUT2D eigenvalue weighted by molar-refractivity contribution is -0.132. The maximum Gasteiger partial charge on any atom is 0.222 e. The Kier molecular flexibility index (Phi) is 6.11. The van der Waals surface area contributed by atoms with Gasteiger partial charge in [-0.3, -0.25) is 9.59 Å². The number of rotatable bonds is 7. The predicted molar refractivity (Wildman–Crippen MR) is 99.2 cm³/mol. The Balaban J connectivity index is 1.32. The van der Waals surface area contributed by atoms with Crippen LogP contribution < -0.4 is 5.32 Å². The number of aryl methyl sites for hydroxylation is 2. The Bertz CT molecular complexity index is 584. The second kappa shape index (κ2) is 8.50. The first kappa shape index (κ1) is 18.0. The third kappa shape index (κ3) is 5.87. The van der Waals surface area contributed by atoms with Gasteiger partial charge in [-0.2, -0.15) is 0 Å². The van der Waals surface area contributed by atoms with Gasteiger partial charge in [0.25, 0.3) is 0 Å². The van der Waals surface area contributed by atoms with E-state index in [0.29, 0.717) is 24.8 Å². The number of nitrogens with one attached hydrogen (secondary N) is 1. The Hall–Kier alpha value is -1.84. The molecule has 1 aliphatic heterocycles. The molecule has 1 aromatic carbocycles. The van der Waals surface area contributed by atoms with Crippen LogP contribution in [0.15, 0.2) is 24.3 Å². The molecule has 0 unspecified atom stereocenters. The summed E-state index contributed by atoms with van der Waals surface area (Å²) in [6.07, 6.45) is 7.38. The molecule has 0 atom stereocenters. The first-order chi connectivity index (χ1) is 12.1. The summed E-state index contributed by atoms with van der Waals surface area (Å²) in [6.45, 7) is 3.78. The summed E-state index contributed by atoms with van der Waals surface area (Å²) in [5, 5.41) is 3.05. The fraction of sp³-hybridized carbons (Fsp3) is 0.619. The maximum atomic E-state index is 12.4. The van der Waals surface area contributed by atoms with Crippen molar-refractivity contribution in [2.45, 2.75) is 64.3 Å². The molecule has 1 saturated heterocycles. The van der Waals surface area contributed by atoms with Crippen LogP contribution in [0.4, 0.5) is 0 Å². The highest BCUT2D eigenvalue weighted by atomic mass is 16.2. The zero-order valence-electron chi connectivity index (χ0n) is 15.3. The number of carbonyl (C=O) groups excluding carboxylic acids is 2. The lowest BCUT2D eigenvalue weighted by Gasteiger charge is -2.32. The molecular formula is C21H30N2O2. The van der Waals surface area contributed by atoms with E-state index in [4.69, 9.17) is 0 Å². The fourth-order valence-electron chi connectivity index (χ4n) is 3.50. The van der Waals surface area contributed by atoms with E-state index in [9.17, 15) is 9.59 Å². The minimum Gasteiger partial charge on any atom is -0.353 e. The number of carbonyl (C=O) groups is 2. The minimum absolute atomic E-state index is 0.208. The molecule has 2 fully saturated rings. The van der Waals surface area contributed by atoms with Crippen LogP contribution in [0, 0.1) is 12.8 Å². The van der Waals surface area contributed by atoms with Gasteiger partial charge in [-0.1, -0.05) is 29.8 Å². The third-order valence-electron chi connectivity index (χ3n) is 5.44. The smallest absolute Gasteiger partial charge is 0.222 e. The van der Waals surface area contributed by atoms with Gasteiger partial charge in [-0.25, -0.2) is 0 Å². The normalized spacial score (nSPS) is 18.2. The number of hydrogen-bond donors (Lipinski definition) is 1. The van der Waals surface area contributed by atoms with Gasteiger partial charge >= 0.3 is 0 Å². The number of hydrogen-bond acceptors (Lipinski definition) is 2. The van der Waals surface area contributed by atoms with Crippen molar-refractivity contribution in [2.75, 3.05) is 13.1 Å². The molecule has 4 nitrogen and oxygen atoms in total. The number of likely N-dealkylation sites (tertiary alicyclic amines) is 1. The monoisotopic (exact) mass is 342 g/mol. The van der Waals surface area contributed by atoms with Gasteiger partial charge < -0.3 is 10.2 Å². The Morgan fingerprint density at radius 3 is 2.36 bits per heavy atom. The number of piperidine rings is 1. The fourth-order valence-corrected chi connectivity index (χ4v) is 3.50. The van der Waals surface area contributed by atoms with Gasteiger partial charge in [0.05, 0.1) is 0 Å². The van der Waals surface area contributed by atoms with Crippen molar-refractivity contribution in [1.82, 2.24) is 10.2 Å². The molecule has 0 spiro atoms. The van der Waals surface area contributed by atoms with Crippen LogP contribution in [-0.2, 0) is 16.0 Å². The molecule has 1 N–H and O–H groups in total.